The third-order valence-corrected chi connectivity index (χ3v) is 3.04. The van der Waals surface area contributed by atoms with Crippen LogP contribution >= 0.6 is 0 Å². The Kier molecular flexibility index (Phi) is 5.81. The molecule has 0 saturated carbocycles. The van der Waals surface area contributed by atoms with E-state index in [0.29, 0.717) is 18.3 Å². The van der Waals surface area contributed by atoms with Crippen LogP contribution in [0.3, 0.4) is 0 Å². The number of carboxylic acid groups (broad SMARTS) is 1. The fourth-order valence-corrected chi connectivity index (χ4v) is 1.86. The van der Waals surface area contributed by atoms with E-state index in [9.17, 15) is 18.0 Å². The van der Waals surface area contributed by atoms with Crippen molar-refractivity contribution in [2.45, 2.75) is 25.9 Å². The zero-order chi connectivity index (χ0) is 16.0. The predicted molar refractivity (Wildman–Crippen MR) is 76.3 cm³/mol. The van der Waals surface area contributed by atoms with Gasteiger partial charge in [-0.1, -0.05) is 19.4 Å². The molecule has 0 amide bonds. The number of unbranched alkanes of at least 4 members (excludes halogenated alkanes) is 1. The fraction of sp³-hybridized carbons (Fsp3) is 0.400. The lowest BCUT2D eigenvalue weighted by Crippen LogP contribution is -2.19. The highest BCUT2D eigenvalue weighted by atomic mass is 19.4. The van der Waals surface area contributed by atoms with Gasteiger partial charge in [0.1, 0.15) is 0 Å². The molecule has 6 heteroatoms. The van der Waals surface area contributed by atoms with Gasteiger partial charge in [-0.05, 0) is 30.2 Å². The Morgan fingerprint density at radius 1 is 1.38 bits per heavy atom. The summed E-state index contributed by atoms with van der Waals surface area (Å²) in [4.78, 5) is 12.2. The second-order valence-electron chi connectivity index (χ2n) is 4.72. The van der Waals surface area contributed by atoms with Crippen molar-refractivity contribution in [3.8, 4) is 0 Å². The lowest BCUT2D eigenvalue weighted by molar-refractivity contribution is -0.137. The third kappa shape index (κ3) is 5.13. The number of hydrogen-bond acceptors (Lipinski definition) is 2. The number of rotatable bonds is 6. The Balaban J connectivity index is 3.16. The maximum absolute atomic E-state index is 13.1. The van der Waals surface area contributed by atoms with E-state index in [1.807, 2.05) is 6.92 Å². The van der Waals surface area contributed by atoms with Gasteiger partial charge in [0, 0.05) is 25.4 Å². The van der Waals surface area contributed by atoms with Gasteiger partial charge in [-0.3, -0.25) is 0 Å². The summed E-state index contributed by atoms with van der Waals surface area (Å²) >= 11 is 0. The van der Waals surface area contributed by atoms with E-state index in [1.54, 1.807) is 18.0 Å². The SMILES string of the molecule is CCCCN(C)c1ccc(/C=C/C(=O)O)c(C(F)(F)F)c1. The maximum Gasteiger partial charge on any atom is 0.417 e. The quantitative estimate of drug-likeness (QED) is 0.806. The van der Waals surface area contributed by atoms with Crippen LogP contribution in [0, 0.1) is 0 Å². The topological polar surface area (TPSA) is 40.5 Å². The van der Waals surface area contributed by atoms with Gasteiger partial charge in [0.05, 0.1) is 5.56 Å². The van der Waals surface area contributed by atoms with Crippen molar-refractivity contribution in [2.24, 2.45) is 0 Å². The van der Waals surface area contributed by atoms with Crippen LogP contribution in [0.15, 0.2) is 24.3 Å². The van der Waals surface area contributed by atoms with Gasteiger partial charge in [-0.25, -0.2) is 4.79 Å². The van der Waals surface area contributed by atoms with Gasteiger partial charge in [0.25, 0.3) is 0 Å². The first-order valence-corrected chi connectivity index (χ1v) is 6.59. The molecule has 0 heterocycles. The molecule has 1 aromatic carbocycles. The minimum Gasteiger partial charge on any atom is -0.478 e. The van der Waals surface area contributed by atoms with E-state index < -0.39 is 17.7 Å². The largest absolute Gasteiger partial charge is 0.478 e. The molecular weight excluding hydrogens is 283 g/mol. The first kappa shape index (κ1) is 17.1. The smallest absolute Gasteiger partial charge is 0.417 e. The zero-order valence-electron chi connectivity index (χ0n) is 11.9. The van der Waals surface area contributed by atoms with E-state index in [1.165, 1.54) is 6.07 Å². The van der Waals surface area contributed by atoms with E-state index in [0.717, 1.165) is 25.0 Å². The number of anilines is 1. The third-order valence-electron chi connectivity index (χ3n) is 3.04. The highest BCUT2D eigenvalue weighted by Gasteiger charge is 2.33. The van der Waals surface area contributed by atoms with Crippen molar-refractivity contribution >= 4 is 17.7 Å². The molecule has 0 unspecified atom stereocenters. The Labute approximate surface area is 121 Å². The van der Waals surface area contributed by atoms with E-state index in [2.05, 4.69) is 0 Å². The summed E-state index contributed by atoms with van der Waals surface area (Å²) in [6.45, 7) is 2.67. The van der Waals surface area contributed by atoms with Crippen molar-refractivity contribution in [3.05, 3.63) is 35.4 Å². The number of alkyl halides is 3. The summed E-state index contributed by atoms with van der Waals surface area (Å²) in [7, 11) is 1.73. The molecule has 0 radical (unpaired) electrons. The average Bonchev–Trinajstić information content (AvgIpc) is 2.41. The lowest BCUT2D eigenvalue weighted by atomic mass is 10.0. The Hall–Kier alpha value is -1.98. The standard InChI is InChI=1S/C15H18F3NO2/c1-3-4-9-19(2)12-7-5-11(6-8-14(20)21)13(10-12)15(16,17)18/h5-8,10H,3-4,9H2,1-2H3,(H,20,21)/b8-6+. The number of benzene rings is 1. The maximum atomic E-state index is 13.1. The number of halogens is 3. The van der Waals surface area contributed by atoms with Gasteiger partial charge in [-0.2, -0.15) is 13.2 Å². The van der Waals surface area contributed by atoms with Crippen LogP contribution in [-0.4, -0.2) is 24.7 Å². The Morgan fingerprint density at radius 3 is 2.57 bits per heavy atom. The van der Waals surface area contributed by atoms with Crippen molar-refractivity contribution in [3.63, 3.8) is 0 Å². The molecule has 1 N–H and O–H groups in total. The van der Waals surface area contributed by atoms with Gasteiger partial charge >= 0.3 is 12.1 Å². The highest BCUT2D eigenvalue weighted by molar-refractivity contribution is 5.85. The first-order chi connectivity index (χ1) is 9.75. The van der Waals surface area contributed by atoms with Crippen molar-refractivity contribution < 1.29 is 23.1 Å². The zero-order valence-corrected chi connectivity index (χ0v) is 11.9. The second-order valence-corrected chi connectivity index (χ2v) is 4.72. The molecule has 0 aliphatic heterocycles. The number of nitrogens with zero attached hydrogens (tertiary/aromatic N) is 1. The van der Waals surface area contributed by atoms with E-state index >= 15 is 0 Å². The van der Waals surface area contributed by atoms with Crippen molar-refractivity contribution in [1.82, 2.24) is 0 Å². The molecule has 0 saturated heterocycles. The first-order valence-electron chi connectivity index (χ1n) is 6.59. The molecule has 0 atom stereocenters. The van der Waals surface area contributed by atoms with Crippen LogP contribution in [0.1, 0.15) is 30.9 Å². The van der Waals surface area contributed by atoms with Crippen LogP contribution in [0.4, 0.5) is 18.9 Å². The normalized spacial score (nSPS) is 11.9. The molecule has 0 fully saturated rings. The minimum absolute atomic E-state index is 0.155. The van der Waals surface area contributed by atoms with Crippen molar-refractivity contribution in [1.29, 1.82) is 0 Å². The Morgan fingerprint density at radius 2 is 2.05 bits per heavy atom. The highest BCUT2D eigenvalue weighted by Crippen LogP contribution is 2.35. The minimum atomic E-state index is -4.53. The summed E-state index contributed by atoms with van der Waals surface area (Å²) < 4.78 is 39.2. The molecular formula is C15H18F3NO2. The number of aliphatic carboxylic acids is 1. The molecule has 1 rings (SSSR count). The molecule has 3 nitrogen and oxygen atoms in total. The van der Waals surface area contributed by atoms with E-state index in [-0.39, 0.29) is 5.56 Å². The molecule has 0 spiro atoms. The summed E-state index contributed by atoms with van der Waals surface area (Å²) in [5.74, 6) is -1.28. The number of hydrogen-bond donors (Lipinski definition) is 1. The molecule has 1 aromatic rings. The van der Waals surface area contributed by atoms with Crippen LogP contribution in [0.25, 0.3) is 6.08 Å². The van der Waals surface area contributed by atoms with Gasteiger partial charge in [0.2, 0.25) is 0 Å². The number of carboxylic acids is 1. The predicted octanol–water partition coefficient (Wildman–Crippen LogP) is 4.04. The molecule has 21 heavy (non-hydrogen) atoms. The van der Waals surface area contributed by atoms with Crippen LogP contribution in [0.5, 0.6) is 0 Å². The van der Waals surface area contributed by atoms with Crippen molar-refractivity contribution in [2.75, 3.05) is 18.5 Å². The fourth-order valence-electron chi connectivity index (χ4n) is 1.86. The second kappa shape index (κ2) is 7.15. The van der Waals surface area contributed by atoms with Crippen LogP contribution in [0.2, 0.25) is 0 Å². The molecule has 0 aromatic heterocycles. The summed E-state index contributed by atoms with van der Waals surface area (Å²) in [6, 6.07) is 3.91. The summed E-state index contributed by atoms with van der Waals surface area (Å²) in [6.07, 6.45) is -1.03. The lowest BCUT2D eigenvalue weighted by Gasteiger charge is -2.21. The van der Waals surface area contributed by atoms with Gasteiger partial charge in [0.15, 0.2) is 0 Å². The van der Waals surface area contributed by atoms with Gasteiger partial charge in [-0.15, -0.1) is 0 Å². The van der Waals surface area contributed by atoms with Gasteiger partial charge < -0.3 is 10.0 Å². The van der Waals surface area contributed by atoms with Crippen LogP contribution < -0.4 is 4.90 Å². The summed E-state index contributed by atoms with van der Waals surface area (Å²) in [5, 5.41) is 8.53. The summed E-state index contributed by atoms with van der Waals surface area (Å²) in [5.41, 5.74) is -0.526. The molecule has 116 valence electrons. The average molecular weight is 301 g/mol. The van der Waals surface area contributed by atoms with Crippen LogP contribution in [-0.2, 0) is 11.0 Å². The number of carbonyl (C=O) groups is 1. The monoisotopic (exact) mass is 301 g/mol. The molecule has 0 bridgehead atoms. The molecule has 0 aliphatic carbocycles. The molecule has 0 aliphatic rings. The Bertz CT molecular complexity index is 524. The van der Waals surface area contributed by atoms with E-state index in [4.69, 9.17) is 5.11 Å².